The lowest BCUT2D eigenvalue weighted by Gasteiger charge is -2.02. The van der Waals surface area contributed by atoms with Gasteiger partial charge in [0, 0.05) is 12.1 Å². The minimum absolute atomic E-state index is 0.00270. The van der Waals surface area contributed by atoms with Crippen molar-refractivity contribution >= 4 is 35.2 Å². The van der Waals surface area contributed by atoms with Crippen molar-refractivity contribution in [2.24, 2.45) is 4.99 Å². The second-order valence-electron chi connectivity index (χ2n) is 5.43. The quantitative estimate of drug-likeness (QED) is 0.245. The van der Waals surface area contributed by atoms with Crippen LogP contribution in [0.3, 0.4) is 0 Å². The molecule has 0 N–H and O–H groups in total. The molecule has 0 saturated carbocycles. The molecule has 0 radical (unpaired) electrons. The molecule has 0 saturated heterocycles. The fourth-order valence-corrected chi connectivity index (χ4v) is 2.54. The Bertz CT molecular complexity index is 980. The van der Waals surface area contributed by atoms with Crippen molar-refractivity contribution in [3.05, 3.63) is 87.1 Å². The standard InChI is InChI=1S/C19H13ClN2O5/c1-2-9-26-14-6-3-12(4-7-14)10-17-19(23)27-18(21-17)15-8-5-13(22(24)25)11-16(15)20/h2-8,10-11H,1,9H2/b17-10-. The van der Waals surface area contributed by atoms with E-state index in [4.69, 9.17) is 21.1 Å². The van der Waals surface area contributed by atoms with Gasteiger partial charge < -0.3 is 9.47 Å². The van der Waals surface area contributed by atoms with Gasteiger partial charge in [-0.25, -0.2) is 9.79 Å². The van der Waals surface area contributed by atoms with Crippen LogP contribution < -0.4 is 4.74 Å². The number of cyclic esters (lactones) is 1. The van der Waals surface area contributed by atoms with Gasteiger partial charge >= 0.3 is 5.97 Å². The second kappa shape index (κ2) is 7.84. The Kier molecular flexibility index (Phi) is 5.33. The predicted molar refractivity (Wildman–Crippen MR) is 101 cm³/mol. The van der Waals surface area contributed by atoms with E-state index in [1.54, 1.807) is 36.4 Å². The maximum atomic E-state index is 12.1. The second-order valence-corrected chi connectivity index (χ2v) is 5.83. The predicted octanol–water partition coefficient (Wildman–Crippen LogP) is 4.16. The zero-order valence-corrected chi connectivity index (χ0v) is 14.7. The number of ether oxygens (including phenoxy) is 2. The molecule has 0 unspecified atom stereocenters. The van der Waals surface area contributed by atoms with E-state index in [2.05, 4.69) is 11.6 Å². The van der Waals surface area contributed by atoms with Crippen LogP contribution in [-0.2, 0) is 9.53 Å². The summed E-state index contributed by atoms with van der Waals surface area (Å²) < 4.78 is 10.5. The molecule has 2 aromatic carbocycles. The molecule has 27 heavy (non-hydrogen) atoms. The van der Waals surface area contributed by atoms with Crippen LogP contribution in [0.4, 0.5) is 5.69 Å². The van der Waals surface area contributed by atoms with E-state index < -0.39 is 10.9 Å². The molecule has 8 heteroatoms. The smallest absolute Gasteiger partial charge is 0.363 e. The molecular weight excluding hydrogens is 372 g/mol. The highest BCUT2D eigenvalue weighted by Gasteiger charge is 2.26. The molecule has 0 amide bonds. The third kappa shape index (κ3) is 4.21. The topological polar surface area (TPSA) is 91.0 Å². The third-order valence-electron chi connectivity index (χ3n) is 3.57. The number of halogens is 1. The molecule has 0 fully saturated rings. The number of aliphatic imine (C=N–C) groups is 1. The molecule has 7 nitrogen and oxygen atoms in total. The Balaban J connectivity index is 1.84. The Morgan fingerprint density at radius 1 is 1.26 bits per heavy atom. The van der Waals surface area contributed by atoms with Gasteiger partial charge in [0.25, 0.3) is 5.69 Å². The summed E-state index contributed by atoms with van der Waals surface area (Å²) in [6.07, 6.45) is 3.20. The summed E-state index contributed by atoms with van der Waals surface area (Å²) >= 11 is 6.05. The Labute approximate surface area is 159 Å². The minimum atomic E-state index is -0.633. The first-order valence-electron chi connectivity index (χ1n) is 7.78. The highest BCUT2D eigenvalue weighted by atomic mass is 35.5. The number of non-ortho nitro benzene ring substituents is 1. The molecule has 0 spiro atoms. The van der Waals surface area contributed by atoms with Crippen molar-refractivity contribution in [3.63, 3.8) is 0 Å². The summed E-state index contributed by atoms with van der Waals surface area (Å²) in [4.78, 5) is 26.4. The highest BCUT2D eigenvalue weighted by Crippen LogP contribution is 2.27. The van der Waals surface area contributed by atoms with Crippen molar-refractivity contribution in [2.75, 3.05) is 6.61 Å². The number of nitro groups is 1. The fraction of sp³-hybridized carbons (Fsp3) is 0.0526. The summed E-state index contributed by atoms with van der Waals surface area (Å²) in [6.45, 7) is 3.98. The van der Waals surface area contributed by atoms with Gasteiger partial charge in [-0.15, -0.1) is 0 Å². The molecule has 1 heterocycles. The highest BCUT2D eigenvalue weighted by molar-refractivity contribution is 6.34. The lowest BCUT2D eigenvalue weighted by atomic mass is 10.2. The zero-order valence-electron chi connectivity index (χ0n) is 13.9. The summed E-state index contributed by atoms with van der Waals surface area (Å²) in [5.41, 5.74) is 0.960. The van der Waals surface area contributed by atoms with Gasteiger partial charge in [0.2, 0.25) is 5.90 Å². The minimum Gasteiger partial charge on any atom is -0.490 e. The van der Waals surface area contributed by atoms with E-state index in [0.717, 1.165) is 5.56 Å². The average molecular weight is 385 g/mol. The van der Waals surface area contributed by atoms with Crippen molar-refractivity contribution < 1.29 is 19.2 Å². The van der Waals surface area contributed by atoms with E-state index in [1.165, 1.54) is 18.2 Å². The van der Waals surface area contributed by atoms with Crippen LogP contribution in [0.2, 0.25) is 5.02 Å². The van der Waals surface area contributed by atoms with Crippen LogP contribution in [0.15, 0.2) is 65.8 Å². The maximum absolute atomic E-state index is 12.1. The number of benzene rings is 2. The molecule has 1 aliphatic rings. The van der Waals surface area contributed by atoms with Gasteiger partial charge in [-0.2, -0.15) is 0 Å². The molecular formula is C19H13ClN2O5. The van der Waals surface area contributed by atoms with E-state index in [-0.39, 0.29) is 22.3 Å². The molecule has 2 aromatic rings. The van der Waals surface area contributed by atoms with Crippen molar-refractivity contribution in [1.82, 2.24) is 0 Å². The van der Waals surface area contributed by atoms with Gasteiger partial charge in [0.05, 0.1) is 15.5 Å². The third-order valence-corrected chi connectivity index (χ3v) is 3.88. The summed E-state index contributed by atoms with van der Waals surface area (Å²) in [5.74, 6) is 0.0383. The van der Waals surface area contributed by atoms with Crippen LogP contribution in [0.25, 0.3) is 6.08 Å². The van der Waals surface area contributed by atoms with Gasteiger partial charge in [-0.3, -0.25) is 10.1 Å². The molecule has 0 bridgehead atoms. The lowest BCUT2D eigenvalue weighted by molar-refractivity contribution is -0.384. The van der Waals surface area contributed by atoms with Crippen molar-refractivity contribution in [2.45, 2.75) is 0 Å². The SMILES string of the molecule is C=CCOc1ccc(/C=C2\N=C(c3ccc([N+](=O)[O-])cc3Cl)OC2=O)cc1. The van der Waals surface area contributed by atoms with Gasteiger partial charge in [0.15, 0.2) is 5.70 Å². The Morgan fingerprint density at radius 2 is 2.00 bits per heavy atom. The number of nitro benzene ring substituents is 1. The molecule has 0 atom stereocenters. The van der Waals surface area contributed by atoms with Crippen LogP contribution in [-0.4, -0.2) is 23.4 Å². The number of carbonyl (C=O) groups excluding carboxylic acids is 1. The fourth-order valence-electron chi connectivity index (χ4n) is 2.29. The molecule has 3 rings (SSSR count). The monoisotopic (exact) mass is 384 g/mol. The first-order chi connectivity index (χ1) is 13.0. The molecule has 1 aliphatic heterocycles. The number of esters is 1. The maximum Gasteiger partial charge on any atom is 0.363 e. The number of hydrogen-bond acceptors (Lipinski definition) is 6. The summed E-state index contributed by atoms with van der Waals surface area (Å²) in [6, 6.07) is 10.9. The summed E-state index contributed by atoms with van der Waals surface area (Å²) in [5, 5.41) is 10.9. The zero-order chi connectivity index (χ0) is 19.4. The van der Waals surface area contributed by atoms with Crippen LogP contribution in [0, 0.1) is 10.1 Å². The average Bonchev–Trinajstić information content (AvgIpc) is 3.01. The van der Waals surface area contributed by atoms with Crippen LogP contribution >= 0.6 is 11.6 Å². The summed E-state index contributed by atoms with van der Waals surface area (Å²) in [7, 11) is 0. The Morgan fingerprint density at radius 3 is 2.63 bits per heavy atom. The van der Waals surface area contributed by atoms with E-state index in [0.29, 0.717) is 17.9 Å². The van der Waals surface area contributed by atoms with Gasteiger partial charge in [-0.1, -0.05) is 36.4 Å². The first-order valence-corrected chi connectivity index (χ1v) is 8.16. The molecule has 136 valence electrons. The molecule has 0 aliphatic carbocycles. The van der Waals surface area contributed by atoms with E-state index in [9.17, 15) is 14.9 Å². The largest absolute Gasteiger partial charge is 0.490 e. The number of hydrogen-bond donors (Lipinski definition) is 0. The lowest BCUT2D eigenvalue weighted by Crippen LogP contribution is -2.06. The van der Waals surface area contributed by atoms with Crippen molar-refractivity contribution in [1.29, 1.82) is 0 Å². The van der Waals surface area contributed by atoms with Crippen LogP contribution in [0.1, 0.15) is 11.1 Å². The van der Waals surface area contributed by atoms with Crippen molar-refractivity contribution in [3.8, 4) is 5.75 Å². The molecule has 0 aromatic heterocycles. The van der Waals surface area contributed by atoms with E-state index in [1.807, 2.05) is 0 Å². The first kappa shape index (κ1) is 18.3. The number of carbonyl (C=O) groups is 1. The van der Waals surface area contributed by atoms with Gasteiger partial charge in [-0.05, 0) is 29.8 Å². The van der Waals surface area contributed by atoms with Gasteiger partial charge in [0.1, 0.15) is 12.4 Å². The van der Waals surface area contributed by atoms with E-state index >= 15 is 0 Å². The number of nitrogens with zero attached hydrogens (tertiary/aromatic N) is 2. The normalized spacial score (nSPS) is 14.6. The Hall–Kier alpha value is -3.45. The van der Waals surface area contributed by atoms with Crippen LogP contribution in [0.5, 0.6) is 5.75 Å². The number of rotatable bonds is 6.